The fraction of sp³-hybridized carbons (Fsp3) is 0.200. The number of rotatable bonds is 5. The molecule has 13 heteroatoms. The largest absolute Gasteiger partial charge is 0.416 e. The Kier molecular flexibility index (Phi) is 5.77. The van der Waals surface area contributed by atoms with E-state index in [-0.39, 0.29) is 18.1 Å². The highest BCUT2D eigenvalue weighted by Crippen LogP contribution is 2.30. The molecule has 0 saturated heterocycles. The second-order valence-electron chi connectivity index (χ2n) is 7.01. The van der Waals surface area contributed by atoms with Gasteiger partial charge in [-0.25, -0.2) is 14.8 Å². The molecule has 0 fully saturated rings. The lowest BCUT2D eigenvalue weighted by Gasteiger charge is -2.09. The van der Waals surface area contributed by atoms with Crippen LogP contribution in [0.3, 0.4) is 0 Å². The summed E-state index contributed by atoms with van der Waals surface area (Å²) in [5.74, 6) is 1.07. The Bertz CT molecular complexity index is 1260. The first-order chi connectivity index (χ1) is 15.7. The van der Waals surface area contributed by atoms with Crippen LogP contribution >= 0.6 is 0 Å². The Hall–Kier alpha value is -4.29. The van der Waals surface area contributed by atoms with Crippen LogP contribution in [0.2, 0.25) is 0 Å². The summed E-state index contributed by atoms with van der Waals surface area (Å²) in [4.78, 5) is 20.7. The van der Waals surface area contributed by atoms with E-state index in [4.69, 9.17) is 9.05 Å². The quantitative estimate of drug-likeness (QED) is 0.435. The van der Waals surface area contributed by atoms with Crippen LogP contribution in [0.4, 0.5) is 29.5 Å². The van der Waals surface area contributed by atoms with Crippen LogP contribution in [-0.4, -0.2) is 26.4 Å². The zero-order valence-corrected chi connectivity index (χ0v) is 17.3. The van der Waals surface area contributed by atoms with E-state index < -0.39 is 17.8 Å². The zero-order valence-electron chi connectivity index (χ0n) is 17.3. The van der Waals surface area contributed by atoms with Gasteiger partial charge >= 0.3 is 18.1 Å². The molecule has 2 amide bonds. The van der Waals surface area contributed by atoms with Crippen LogP contribution in [0, 0.1) is 13.8 Å². The van der Waals surface area contributed by atoms with Gasteiger partial charge in [-0.15, -0.1) is 0 Å². The van der Waals surface area contributed by atoms with Crippen molar-refractivity contribution >= 4 is 17.6 Å². The minimum atomic E-state index is -4.52. The van der Waals surface area contributed by atoms with Gasteiger partial charge in [-0.05, 0) is 36.7 Å². The van der Waals surface area contributed by atoms with Crippen LogP contribution in [0.25, 0.3) is 11.1 Å². The van der Waals surface area contributed by atoms with Crippen molar-refractivity contribution in [2.75, 3.05) is 10.6 Å². The van der Waals surface area contributed by atoms with Crippen LogP contribution in [-0.2, 0) is 12.7 Å². The van der Waals surface area contributed by atoms with Crippen LogP contribution in [0.1, 0.15) is 22.8 Å². The Morgan fingerprint density at radius 2 is 1.88 bits per heavy atom. The van der Waals surface area contributed by atoms with E-state index in [1.165, 1.54) is 23.0 Å². The topological polar surface area (TPSA) is 123 Å². The van der Waals surface area contributed by atoms with Crippen molar-refractivity contribution in [3.63, 3.8) is 0 Å². The Morgan fingerprint density at radius 1 is 1.12 bits per heavy atom. The lowest BCUT2D eigenvalue weighted by atomic mass is 10.1. The molecule has 4 aromatic rings. The van der Waals surface area contributed by atoms with Crippen LogP contribution < -0.4 is 15.3 Å². The molecule has 0 radical (unpaired) electrons. The van der Waals surface area contributed by atoms with Crippen molar-refractivity contribution < 1.29 is 31.7 Å². The number of urea groups is 1. The van der Waals surface area contributed by atoms with Gasteiger partial charge in [-0.1, -0.05) is 11.2 Å². The second kappa shape index (κ2) is 8.68. The number of amides is 2. The summed E-state index contributed by atoms with van der Waals surface area (Å²) in [6, 6.07) is 3.46. The van der Waals surface area contributed by atoms with Gasteiger partial charge in [0.05, 0.1) is 16.8 Å². The van der Waals surface area contributed by atoms with E-state index in [0.29, 0.717) is 11.6 Å². The maximum Gasteiger partial charge on any atom is 0.416 e. The third-order valence-corrected chi connectivity index (χ3v) is 4.53. The van der Waals surface area contributed by atoms with E-state index in [1.54, 1.807) is 19.3 Å². The predicted octanol–water partition coefficient (Wildman–Crippen LogP) is 3.74. The van der Waals surface area contributed by atoms with Crippen molar-refractivity contribution in [3.8, 4) is 11.1 Å². The van der Waals surface area contributed by atoms with Gasteiger partial charge in [0.25, 0.3) is 6.20 Å². The molecule has 0 aliphatic heterocycles. The number of aryl methyl sites for hydroxylation is 2. The first kappa shape index (κ1) is 21.9. The Balaban J connectivity index is 1.37. The molecular formula is C20H17F3N7O3+. The molecule has 0 saturated carbocycles. The molecule has 2 N–H and O–H groups in total. The Labute approximate surface area is 184 Å². The average Bonchev–Trinajstić information content (AvgIpc) is 3.33. The van der Waals surface area contributed by atoms with Gasteiger partial charge in [0.1, 0.15) is 5.76 Å². The summed E-state index contributed by atoms with van der Waals surface area (Å²) in [5.41, 5.74) is 1.41. The van der Waals surface area contributed by atoms with E-state index in [9.17, 15) is 18.0 Å². The van der Waals surface area contributed by atoms with Crippen molar-refractivity contribution in [2.24, 2.45) is 0 Å². The first-order valence-corrected chi connectivity index (χ1v) is 9.55. The smallest absolute Gasteiger partial charge is 0.361 e. The number of nitrogens with one attached hydrogen (secondary N) is 2. The second-order valence-corrected chi connectivity index (χ2v) is 7.01. The monoisotopic (exact) mass is 460 g/mol. The molecule has 0 spiro atoms. The molecule has 0 atom stereocenters. The number of nitrogens with zero attached hydrogens (tertiary/aromatic N) is 5. The number of carbonyl (C=O) groups is 1. The fourth-order valence-corrected chi connectivity index (χ4v) is 3.06. The number of carbonyl (C=O) groups excluding carboxylic acids is 1. The molecule has 3 heterocycles. The fourth-order valence-electron chi connectivity index (χ4n) is 3.06. The van der Waals surface area contributed by atoms with Crippen molar-refractivity contribution in [1.82, 2.24) is 20.4 Å². The average molecular weight is 460 g/mol. The lowest BCUT2D eigenvalue weighted by molar-refractivity contribution is -0.755. The van der Waals surface area contributed by atoms with Gasteiger partial charge in [-0.3, -0.25) is 9.84 Å². The summed E-state index contributed by atoms with van der Waals surface area (Å²) in [7, 11) is 0. The summed E-state index contributed by atoms with van der Waals surface area (Å²) < 4.78 is 49.9. The van der Waals surface area contributed by atoms with Gasteiger partial charge in [-0.2, -0.15) is 13.2 Å². The standard InChI is InChI=1S/C20H16F3N7O3/c1-11-18(12(2)32-28-11)13-7-24-16(25-8-13)9-30-10-17(33-29-30)27-19(31)26-15-5-3-4-14(6-15)20(21,22)23/h3-8,10H,9H2,1-2H3,(H-,26,27,29,31)/p+1. The molecular weight excluding hydrogens is 443 g/mol. The summed E-state index contributed by atoms with van der Waals surface area (Å²) in [6.45, 7) is 3.78. The first-order valence-electron chi connectivity index (χ1n) is 9.55. The van der Waals surface area contributed by atoms with Gasteiger partial charge in [0.15, 0.2) is 5.82 Å². The number of hydrogen-bond donors (Lipinski definition) is 2. The predicted molar refractivity (Wildman–Crippen MR) is 107 cm³/mol. The molecule has 0 aliphatic rings. The molecule has 0 bridgehead atoms. The maximum atomic E-state index is 12.8. The SMILES string of the molecule is Cc1noc(C)c1-c1cnc(C[n+]2cc(NC(=O)Nc3cccc(C(F)(F)F)c3)on2)nc1. The third-order valence-electron chi connectivity index (χ3n) is 4.53. The molecule has 1 aromatic carbocycles. The number of benzene rings is 1. The third kappa shape index (κ3) is 5.14. The zero-order chi connectivity index (χ0) is 23.6. The molecule has 0 unspecified atom stereocenters. The summed E-state index contributed by atoms with van der Waals surface area (Å²) >= 11 is 0. The number of halogens is 3. The highest BCUT2D eigenvalue weighted by Gasteiger charge is 2.30. The van der Waals surface area contributed by atoms with E-state index in [0.717, 1.165) is 29.0 Å². The summed E-state index contributed by atoms with van der Waals surface area (Å²) in [5, 5.41) is 12.3. The molecule has 33 heavy (non-hydrogen) atoms. The number of alkyl halides is 3. The summed E-state index contributed by atoms with van der Waals surface area (Å²) in [6.07, 6.45) is 0.142. The van der Waals surface area contributed by atoms with Gasteiger partial charge < -0.3 is 9.84 Å². The molecule has 170 valence electrons. The molecule has 0 aliphatic carbocycles. The van der Waals surface area contributed by atoms with Crippen LogP contribution in [0.15, 0.2) is 51.9 Å². The van der Waals surface area contributed by atoms with Gasteiger partial charge in [0, 0.05) is 23.6 Å². The van der Waals surface area contributed by atoms with E-state index in [2.05, 4.69) is 31.0 Å². The maximum absolute atomic E-state index is 12.8. The van der Waals surface area contributed by atoms with Crippen LogP contribution in [0.5, 0.6) is 0 Å². The lowest BCUT2D eigenvalue weighted by Crippen LogP contribution is -2.36. The molecule has 10 nitrogen and oxygen atoms in total. The highest BCUT2D eigenvalue weighted by atomic mass is 19.4. The number of aromatic nitrogens is 5. The van der Waals surface area contributed by atoms with E-state index >= 15 is 0 Å². The highest BCUT2D eigenvalue weighted by molar-refractivity contribution is 5.98. The molecule has 4 rings (SSSR count). The van der Waals surface area contributed by atoms with Crippen molar-refractivity contribution in [3.05, 3.63) is 65.7 Å². The Morgan fingerprint density at radius 3 is 2.55 bits per heavy atom. The van der Waals surface area contributed by atoms with Crippen molar-refractivity contribution in [1.29, 1.82) is 0 Å². The minimum Gasteiger partial charge on any atom is -0.361 e. The van der Waals surface area contributed by atoms with Gasteiger partial charge in [0.2, 0.25) is 11.8 Å². The molecule has 3 aromatic heterocycles. The van der Waals surface area contributed by atoms with E-state index in [1.807, 2.05) is 6.92 Å². The minimum absolute atomic E-state index is 0.0215. The normalized spacial score (nSPS) is 11.4. The number of hydrogen-bond acceptors (Lipinski definition) is 7. The van der Waals surface area contributed by atoms with Crippen molar-refractivity contribution in [2.45, 2.75) is 26.6 Å². The number of anilines is 2.